The van der Waals surface area contributed by atoms with E-state index in [0.717, 1.165) is 0 Å². The predicted octanol–water partition coefficient (Wildman–Crippen LogP) is 4.60. The molecular formula is C17H10F2O. The minimum absolute atomic E-state index is 0.297. The summed E-state index contributed by atoms with van der Waals surface area (Å²) in [6.45, 7) is 0. The van der Waals surface area contributed by atoms with Crippen molar-refractivity contribution in [1.82, 2.24) is 0 Å². The molecule has 0 saturated heterocycles. The maximum Gasteiger partial charge on any atom is 0.150 e. The van der Waals surface area contributed by atoms with Crippen LogP contribution in [0.2, 0.25) is 0 Å². The number of rotatable bonds is 2. The highest BCUT2D eigenvalue weighted by Gasteiger charge is 2.11. The molecule has 0 amide bonds. The number of fused-ring (bicyclic) bond motifs is 1. The average Bonchev–Trinajstić information content (AvgIpc) is 2.49. The summed E-state index contributed by atoms with van der Waals surface area (Å²) in [4.78, 5) is 10.8. The van der Waals surface area contributed by atoms with Gasteiger partial charge in [0.2, 0.25) is 0 Å². The first kappa shape index (κ1) is 12.5. The normalized spacial score (nSPS) is 10.7. The highest BCUT2D eigenvalue weighted by atomic mass is 19.1. The lowest BCUT2D eigenvalue weighted by atomic mass is 9.96. The Morgan fingerprint density at radius 2 is 1.45 bits per heavy atom. The van der Waals surface area contributed by atoms with E-state index in [-0.39, 0.29) is 5.82 Å². The lowest BCUT2D eigenvalue weighted by Crippen LogP contribution is -1.90. The van der Waals surface area contributed by atoms with Gasteiger partial charge in [-0.15, -0.1) is 0 Å². The fourth-order valence-electron chi connectivity index (χ4n) is 2.32. The third-order valence-electron chi connectivity index (χ3n) is 3.29. The van der Waals surface area contributed by atoms with E-state index in [1.807, 2.05) is 0 Å². The largest absolute Gasteiger partial charge is 0.298 e. The topological polar surface area (TPSA) is 17.1 Å². The smallest absolute Gasteiger partial charge is 0.150 e. The Bertz CT molecular complexity index is 809. The van der Waals surface area contributed by atoms with Gasteiger partial charge in [-0.2, -0.15) is 0 Å². The average molecular weight is 268 g/mol. The van der Waals surface area contributed by atoms with Crippen molar-refractivity contribution in [3.05, 3.63) is 71.8 Å². The summed E-state index contributed by atoms with van der Waals surface area (Å²) in [5.41, 5.74) is 1.25. The van der Waals surface area contributed by atoms with Crippen LogP contribution in [0.15, 0.2) is 54.6 Å². The second kappa shape index (κ2) is 4.85. The minimum Gasteiger partial charge on any atom is -0.298 e. The first-order valence-electron chi connectivity index (χ1n) is 6.13. The molecule has 3 aromatic rings. The van der Waals surface area contributed by atoms with Crippen LogP contribution < -0.4 is 0 Å². The van der Waals surface area contributed by atoms with Crippen molar-refractivity contribution in [2.75, 3.05) is 0 Å². The van der Waals surface area contributed by atoms with Gasteiger partial charge in [0.15, 0.2) is 0 Å². The molecule has 0 aliphatic heterocycles. The fourth-order valence-corrected chi connectivity index (χ4v) is 2.32. The minimum atomic E-state index is -0.438. The Morgan fingerprint density at radius 3 is 2.20 bits per heavy atom. The molecule has 0 N–H and O–H groups in total. The number of carbonyl (C=O) groups is 1. The summed E-state index contributed by atoms with van der Waals surface area (Å²) in [6.07, 6.45) is 0.661. The third-order valence-corrected chi connectivity index (χ3v) is 3.29. The van der Waals surface area contributed by atoms with Gasteiger partial charge in [0.25, 0.3) is 0 Å². The second-order valence-electron chi connectivity index (χ2n) is 4.50. The molecule has 0 saturated carbocycles. The summed E-state index contributed by atoms with van der Waals surface area (Å²) in [6, 6.07) is 13.9. The maximum absolute atomic E-state index is 14.0. The van der Waals surface area contributed by atoms with E-state index in [1.165, 1.54) is 30.3 Å². The van der Waals surface area contributed by atoms with E-state index in [9.17, 15) is 13.6 Å². The van der Waals surface area contributed by atoms with Crippen molar-refractivity contribution in [3.63, 3.8) is 0 Å². The van der Waals surface area contributed by atoms with Gasteiger partial charge in [-0.25, -0.2) is 8.78 Å². The van der Waals surface area contributed by atoms with E-state index < -0.39 is 5.82 Å². The van der Waals surface area contributed by atoms with Gasteiger partial charge >= 0.3 is 0 Å². The molecule has 20 heavy (non-hydrogen) atoms. The molecule has 0 aliphatic rings. The summed E-state index contributed by atoms with van der Waals surface area (Å²) >= 11 is 0. The van der Waals surface area contributed by atoms with E-state index in [1.54, 1.807) is 24.3 Å². The van der Waals surface area contributed by atoms with Crippen molar-refractivity contribution in [2.45, 2.75) is 0 Å². The van der Waals surface area contributed by atoms with Crippen molar-refractivity contribution in [1.29, 1.82) is 0 Å². The Morgan fingerprint density at radius 1 is 0.750 bits per heavy atom. The zero-order valence-electron chi connectivity index (χ0n) is 10.4. The quantitative estimate of drug-likeness (QED) is 0.621. The molecule has 0 spiro atoms. The van der Waals surface area contributed by atoms with Crippen molar-refractivity contribution < 1.29 is 13.6 Å². The van der Waals surface area contributed by atoms with Crippen LogP contribution >= 0.6 is 0 Å². The molecule has 0 heterocycles. The number of hydrogen-bond donors (Lipinski definition) is 0. The SMILES string of the molecule is O=Cc1ccc(F)c(-c2ccc(F)c3ccccc23)c1. The van der Waals surface area contributed by atoms with Crippen molar-refractivity contribution >= 4 is 17.1 Å². The Hall–Kier alpha value is -2.55. The maximum atomic E-state index is 14.0. The number of halogens is 2. The lowest BCUT2D eigenvalue weighted by molar-refractivity contribution is 0.112. The third kappa shape index (κ3) is 1.97. The second-order valence-corrected chi connectivity index (χ2v) is 4.50. The van der Waals surface area contributed by atoms with Crippen LogP contribution in [0.5, 0.6) is 0 Å². The van der Waals surface area contributed by atoms with Crippen LogP contribution in [-0.2, 0) is 0 Å². The van der Waals surface area contributed by atoms with Crippen molar-refractivity contribution in [2.24, 2.45) is 0 Å². The van der Waals surface area contributed by atoms with Crippen molar-refractivity contribution in [3.8, 4) is 11.1 Å². The Kier molecular flexibility index (Phi) is 3.03. The molecule has 3 heteroatoms. The summed E-state index contributed by atoms with van der Waals surface area (Å²) < 4.78 is 27.8. The number of hydrogen-bond acceptors (Lipinski definition) is 1. The fraction of sp³-hybridized carbons (Fsp3) is 0. The molecule has 0 aliphatic carbocycles. The first-order chi connectivity index (χ1) is 9.70. The molecule has 0 atom stereocenters. The number of benzene rings is 3. The van der Waals surface area contributed by atoms with Crippen LogP contribution in [-0.4, -0.2) is 6.29 Å². The van der Waals surface area contributed by atoms with Gasteiger partial charge in [-0.05, 0) is 35.2 Å². The molecule has 3 aromatic carbocycles. The zero-order chi connectivity index (χ0) is 14.1. The van der Waals surface area contributed by atoms with Crippen LogP contribution in [0, 0.1) is 11.6 Å². The molecule has 98 valence electrons. The highest BCUT2D eigenvalue weighted by molar-refractivity contribution is 5.97. The zero-order valence-corrected chi connectivity index (χ0v) is 10.4. The molecule has 0 aromatic heterocycles. The van der Waals surface area contributed by atoms with Crippen LogP contribution in [0.25, 0.3) is 21.9 Å². The van der Waals surface area contributed by atoms with Gasteiger partial charge in [-0.3, -0.25) is 4.79 Å². The van der Waals surface area contributed by atoms with E-state index in [4.69, 9.17) is 0 Å². The van der Waals surface area contributed by atoms with Gasteiger partial charge in [0, 0.05) is 16.5 Å². The Balaban J connectivity index is 2.35. The van der Waals surface area contributed by atoms with E-state index in [2.05, 4.69) is 0 Å². The molecule has 3 rings (SSSR count). The van der Waals surface area contributed by atoms with Gasteiger partial charge in [0.05, 0.1) is 0 Å². The van der Waals surface area contributed by atoms with Crippen LogP contribution in [0.4, 0.5) is 8.78 Å². The van der Waals surface area contributed by atoms with Gasteiger partial charge in [-0.1, -0.05) is 30.3 Å². The predicted molar refractivity (Wildman–Crippen MR) is 74.7 cm³/mol. The first-order valence-corrected chi connectivity index (χ1v) is 6.13. The van der Waals surface area contributed by atoms with E-state index >= 15 is 0 Å². The summed E-state index contributed by atoms with van der Waals surface area (Å²) in [5, 5.41) is 1.05. The lowest BCUT2D eigenvalue weighted by Gasteiger charge is -2.09. The van der Waals surface area contributed by atoms with Gasteiger partial charge < -0.3 is 0 Å². The Labute approximate surface area is 114 Å². The highest BCUT2D eigenvalue weighted by Crippen LogP contribution is 2.32. The molecule has 0 bridgehead atoms. The summed E-state index contributed by atoms with van der Waals surface area (Å²) in [7, 11) is 0. The molecule has 1 nitrogen and oxygen atoms in total. The van der Waals surface area contributed by atoms with Crippen LogP contribution in [0.3, 0.4) is 0 Å². The molecular weight excluding hydrogens is 258 g/mol. The van der Waals surface area contributed by atoms with Crippen LogP contribution in [0.1, 0.15) is 10.4 Å². The molecule has 0 unspecified atom stereocenters. The summed E-state index contributed by atoms with van der Waals surface area (Å²) in [5.74, 6) is -0.788. The standard InChI is InChI=1S/C17H10F2O/c18-16-8-6-13(12-3-1-2-4-14(12)16)15-9-11(10-20)5-7-17(15)19/h1-10H. The monoisotopic (exact) mass is 268 g/mol. The number of carbonyl (C=O) groups excluding carboxylic acids is 1. The molecule has 0 radical (unpaired) electrons. The number of aldehydes is 1. The van der Waals surface area contributed by atoms with E-state index in [0.29, 0.717) is 33.7 Å². The van der Waals surface area contributed by atoms with Gasteiger partial charge in [0.1, 0.15) is 17.9 Å². The molecule has 0 fully saturated rings.